The minimum absolute atomic E-state index is 0.0125. The Morgan fingerprint density at radius 1 is 1.44 bits per heavy atom. The van der Waals surface area contributed by atoms with Crippen molar-refractivity contribution in [1.29, 1.82) is 0 Å². The summed E-state index contributed by atoms with van der Waals surface area (Å²) in [6.45, 7) is 1.87. The van der Waals surface area contributed by atoms with Crippen molar-refractivity contribution in [2.24, 2.45) is 11.1 Å². The highest BCUT2D eigenvalue weighted by Gasteiger charge is 2.42. The first-order valence-corrected chi connectivity index (χ1v) is 6.16. The molecule has 2 rings (SSSR count). The molecule has 1 saturated carbocycles. The molecule has 0 spiro atoms. The number of rotatable bonds is 3. The molecule has 1 aromatic carbocycles. The Labute approximate surface area is 105 Å². The lowest BCUT2D eigenvalue weighted by Gasteiger charge is -2.27. The maximum atomic E-state index is 13.1. The first kappa shape index (κ1) is 13.1. The second-order valence-corrected chi connectivity index (χ2v) is 5.26. The van der Waals surface area contributed by atoms with Gasteiger partial charge in [0.05, 0.1) is 0 Å². The highest BCUT2D eigenvalue weighted by atomic mass is 19.2. The predicted octanol–water partition coefficient (Wildman–Crippen LogP) is 2.59. The summed E-state index contributed by atoms with van der Waals surface area (Å²) in [6.07, 6.45) is 2.68. The minimum Gasteiger partial charge on any atom is -0.327 e. The highest BCUT2D eigenvalue weighted by Crippen LogP contribution is 2.38. The van der Waals surface area contributed by atoms with Crippen LogP contribution in [0.2, 0.25) is 0 Å². The first-order chi connectivity index (χ1) is 8.43. The molecule has 98 valence electrons. The second kappa shape index (κ2) is 4.76. The van der Waals surface area contributed by atoms with Gasteiger partial charge in [-0.1, -0.05) is 19.4 Å². The molecular formula is C14H17F2NO. The fourth-order valence-electron chi connectivity index (χ4n) is 2.58. The summed E-state index contributed by atoms with van der Waals surface area (Å²) < 4.78 is 25.9. The van der Waals surface area contributed by atoms with Gasteiger partial charge in [0.25, 0.3) is 0 Å². The van der Waals surface area contributed by atoms with E-state index in [1.54, 1.807) is 0 Å². The molecule has 2 nitrogen and oxygen atoms in total. The van der Waals surface area contributed by atoms with Crippen molar-refractivity contribution in [3.63, 3.8) is 0 Å². The first-order valence-electron chi connectivity index (χ1n) is 6.16. The quantitative estimate of drug-likeness (QED) is 0.899. The molecule has 0 saturated heterocycles. The van der Waals surface area contributed by atoms with Gasteiger partial charge in [-0.3, -0.25) is 4.79 Å². The van der Waals surface area contributed by atoms with Crippen LogP contribution in [0.25, 0.3) is 0 Å². The zero-order chi connectivity index (χ0) is 13.3. The molecule has 0 aliphatic heterocycles. The molecule has 0 radical (unpaired) electrons. The Hall–Kier alpha value is -1.29. The number of carbonyl (C=O) groups excluding carboxylic acids is 1. The Kier molecular flexibility index (Phi) is 3.48. The maximum Gasteiger partial charge on any atom is 0.159 e. The third-order valence-electron chi connectivity index (χ3n) is 4.02. The molecule has 0 aromatic heterocycles. The summed E-state index contributed by atoms with van der Waals surface area (Å²) in [5.74, 6) is -1.80. The van der Waals surface area contributed by atoms with Crippen molar-refractivity contribution in [3.05, 3.63) is 35.4 Å². The van der Waals surface area contributed by atoms with Crippen LogP contribution in [0.5, 0.6) is 0 Å². The average Bonchev–Trinajstić information content (AvgIpc) is 2.66. The van der Waals surface area contributed by atoms with Crippen LogP contribution in [0, 0.1) is 17.0 Å². The third-order valence-corrected chi connectivity index (χ3v) is 4.02. The standard InChI is InChI=1S/C14H17F2NO/c1-14(6-2-3-12(14)17)13(18)8-9-4-5-10(15)11(16)7-9/h4-5,7,12H,2-3,6,8,17H2,1H3. The van der Waals surface area contributed by atoms with E-state index in [-0.39, 0.29) is 18.2 Å². The topological polar surface area (TPSA) is 43.1 Å². The molecule has 4 heteroatoms. The van der Waals surface area contributed by atoms with Gasteiger partial charge in [-0.15, -0.1) is 0 Å². The van der Waals surface area contributed by atoms with E-state index in [0.29, 0.717) is 5.56 Å². The van der Waals surface area contributed by atoms with Gasteiger partial charge in [0.15, 0.2) is 11.6 Å². The van der Waals surface area contributed by atoms with Crippen LogP contribution in [0.3, 0.4) is 0 Å². The molecule has 1 fully saturated rings. The van der Waals surface area contributed by atoms with E-state index in [9.17, 15) is 13.6 Å². The average molecular weight is 253 g/mol. The molecule has 1 aliphatic carbocycles. The summed E-state index contributed by atoms with van der Waals surface area (Å²) in [4.78, 5) is 12.2. The Balaban J connectivity index is 2.14. The molecule has 0 amide bonds. The van der Waals surface area contributed by atoms with E-state index >= 15 is 0 Å². The van der Waals surface area contributed by atoms with Crippen LogP contribution >= 0.6 is 0 Å². The number of hydrogen-bond donors (Lipinski definition) is 1. The SMILES string of the molecule is CC1(C(=O)Cc2ccc(F)c(F)c2)CCCC1N. The zero-order valence-corrected chi connectivity index (χ0v) is 10.4. The lowest BCUT2D eigenvalue weighted by atomic mass is 9.78. The van der Waals surface area contributed by atoms with Gasteiger partial charge in [0, 0.05) is 17.9 Å². The highest BCUT2D eigenvalue weighted by molar-refractivity contribution is 5.87. The maximum absolute atomic E-state index is 13.1. The van der Waals surface area contributed by atoms with E-state index in [4.69, 9.17) is 5.73 Å². The Bertz CT molecular complexity index is 475. The van der Waals surface area contributed by atoms with Gasteiger partial charge in [-0.05, 0) is 30.5 Å². The van der Waals surface area contributed by atoms with E-state index in [1.165, 1.54) is 6.07 Å². The predicted molar refractivity (Wildman–Crippen MR) is 65.0 cm³/mol. The molecular weight excluding hydrogens is 236 g/mol. The van der Waals surface area contributed by atoms with Crippen molar-refractivity contribution >= 4 is 5.78 Å². The van der Waals surface area contributed by atoms with Crippen molar-refractivity contribution in [1.82, 2.24) is 0 Å². The van der Waals surface area contributed by atoms with Crippen LogP contribution in [-0.4, -0.2) is 11.8 Å². The van der Waals surface area contributed by atoms with Crippen LogP contribution in [0.4, 0.5) is 8.78 Å². The largest absolute Gasteiger partial charge is 0.327 e. The van der Waals surface area contributed by atoms with Crippen molar-refractivity contribution in [3.8, 4) is 0 Å². The Morgan fingerprint density at radius 2 is 2.17 bits per heavy atom. The van der Waals surface area contributed by atoms with Gasteiger partial charge in [-0.25, -0.2) is 8.78 Å². The van der Waals surface area contributed by atoms with Crippen LogP contribution in [0.1, 0.15) is 31.7 Å². The summed E-state index contributed by atoms with van der Waals surface area (Å²) in [5, 5.41) is 0. The summed E-state index contributed by atoms with van der Waals surface area (Å²) in [7, 11) is 0. The Morgan fingerprint density at radius 3 is 2.72 bits per heavy atom. The second-order valence-electron chi connectivity index (χ2n) is 5.26. The van der Waals surface area contributed by atoms with E-state index in [2.05, 4.69) is 0 Å². The van der Waals surface area contributed by atoms with E-state index in [0.717, 1.165) is 31.4 Å². The van der Waals surface area contributed by atoms with Crippen LogP contribution in [0.15, 0.2) is 18.2 Å². The monoisotopic (exact) mass is 253 g/mol. The number of ketones is 1. The molecule has 2 N–H and O–H groups in total. The molecule has 0 bridgehead atoms. The van der Waals surface area contributed by atoms with Gasteiger partial charge in [0.1, 0.15) is 5.78 Å². The molecule has 1 aliphatic rings. The molecule has 0 heterocycles. The number of Topliss-reactive ketones (excluding diaryl/α,β-unsaturated/α-hetero) is 1. The smallest absolute Gasteiger partial charge is 0.159 e. The molecule has 18 heavy (non-hydrogen) atoms. The van der Waals surface area contributed by atoms with Gasteiger partial charge in [-0.2, -0.15) is 0 Å². The summed E-state index contributed by atoms with van der Waals surface area (Å²) in [6, 6.07) is 3.45. The van der Waals surface area contributed by atoms with Crippen molar-refractivity contribution in [2.45, 2.75) is 38.6 Å². The van der Waals surface area contributed by atoms with Crippen LogP contribution < -0.4 is 5.73 Å². The van der Waals surface area contributed by atoms with Gasteiger partial charge >= 0.3 is 0 Å². The lowest BCUT2D eigenvalue weighted by molar-refractivity contribution is -0.127. The molecule has 1 aromatic rings. The van der Waals surface area contributed by atoms with Crippen molar-refractivity contribution in [2.75, 3.05) is 0 Å². The number of nitrogens with two attached hydrogens (primary N) is 1. The number of halogens is 2. The van der Waals surface area contributed by atoms with Crippen molar-refractivity contribution < 1.29 is 13.6 Å². The van der Waals surface area contributed by atoms with E-state index < -0.39 is 17.0 Å². The minimum atomic E-state index is -0.916. The normalized spacial score (nSPS) is 27.4. The summed E-state index contributed by atoms with van der Waals surface area (Å²) in [5.41, 5.74) is 5.94. The zero-order valence-electron chi connectivity index (χ0n) is 10.4. The number of benzene rings is 1. The third kappa shape index (κ3) is 2.29. The molecule has 2 unspecified atom stereocenters. The molecule has 2 atom stereocenters. The van der Waals surface area contributed by atoms with E-state index in [1.807, 2.05) is 6.92 Å². The van der Waals surface area contributed by atoms with Gasteiger partial charge in [0.2, 0.25) is 0 Å². The number of hydrogen-bond acceptors (Lipinski definition) is 2. The van der Waals surface area contributed by atoms with Gasteiger partial charge < -0.3 is 5.73 Å². The lowest BCUT2D eigenvalue weighted by Crippen LogP contribution is -2.41. The number of carbonyl (C=O) groups is 1. The summed E-state index contributed by atoms with van der Waals surface area (Å²) >= 11 is 0. The fraction of sp³-hybridized carbons (Fsp3) is 0.500. The fourth-order valence-corrected chi connectivity index (χ4v) is 2.58. The van der Waals surface area contributed by atoms with Crippen LogP contribution in [-0.2, 0) is 11.2 Å².